The molecule has 0 spiro atoms. The molecule has 102 valence electrons. The molecule has 3 nitrogen and oxygen atoms in total. The van der Waals surface area contributed by atoms with Crippen molar-refractivity contribution in [2.75, 3.05) is 0 Å². The summed E-state index contributed by atoms with van der Waals surface area (Å²) in [4.78, 5) is 4.66. The summed E-state index contributed by atoms with van der Waals surface area (Å²) in [5, 5.41) is 3.46. The van der Waals surface area contributed by atoms with E-state index in [2.05, 4.69) is 65.2 Å². The third-order valence-corrected chi connectivity index (χ3v) is 3.57. The van der Waals surface area contributed by atoms with Crippen molar-refractivity contribution in [3.05, 3.63) is 65.5 Å². The molecule has 3 aromatic rings. The molecule has 1 aromatic heterocycles. The first-order valence-corrected chi connectivity index (χ1v) is 6.90. The van der Waals surface area contributed by atoms with Crippen LogP contribution >= 0.6 is 0 Å². The van der Waals surface area contributed by atoms with Crippen molar-refractivity contribution < 1.29 is 0 Å². The van der Waals surface area contributed by atoms with E-state index in [1.54, 1.807) is 0 Å². The molecule has 0 aliphatic carbocycles. The SMILES string of the molecule is Cc1cccc(CNCc2nc3ccccc3n2C)c1. The van der Waals surface area contributed by atoms with Crippen LogP contribution in [0.3, 0.4) is 0 Å². The van der Waals surface area contributed by atoms with Gasteiger partial charge in [0.05, 0.1) is 17.6 Å². The molecule has 2 aromatic carbocycles. The Labute approximate surface area is 119 Å². The summed E-state index contributed by atoms with van der Waals surface area (Å²) in [6.45, 7) is 3.76. The maximum absolute atomic E-state index is 4.66. The van der Waals surface area contributed by atoms with E-state index in [0.29, 0.717) is 0 Å². The lowest BCUT2D eigenvalue weighted by atomic mass is 10.1. The summed E-state index contributed by atoms with van der Waals surface area (Å²) in [5.74, 6) is 1.07. The average Bonchev–Trinajstić information content (AvgIpc) is 2.76. The summed E-state index contributed by atoms with van der Waals surface area (Å²) >= 11 is 0. The quantitative estimate of drug-likeness (QED) is 0.785. The van der Waals surface area contributed by atoms with Crippen LogP contribution in [0.25, 0.3) is 11.0 Å². The largest absolute Gasteiger partial charge is 0.330 e. The molecule has 0 saturated carbocycles. The Hall–Kier alpha value is -2.13. The minimum absolute atomic E-state index is 0.777. The number of imidazole rings is 1. The van der Waals surface area contributed by atoms with Gasteiger partial charge in [-0.15, -0.1) is 0 Å². The standard InChI is InChI=1S/C17H19N3/c1-13-6-5-7-14(10-13)11-18-12-17-19-15-8-3-4-9-16(15)20(17)2/h3-10,18H,11-12H2,1-2H3. The second kappa shape index (κ2) is 5.47. The van der Waals surface area contributed by atoms with Gasteiger partial charge in [0.2, 0.25) is 0 Å². The van der Waals surface area contributed by atoms with Crippen LogP contribution in [0.5, 0.6) is 0 Å². The van der Waals surface area contributed by atoms with E-state index in [-0.39, 0.29) is 0 Å². The minimum Gasteiger partial charge on any atom is -0.330 e. The zero-order valence-corrected chi connectivity index (χ0v) is 11.9. The molecule has 0 amide bonds. The van der Waals surface area contributed by atoms with E-state index in [9.17, 15) is 0 Å². The molecule has 20 heavy (non-hydrogen) atoms. The van der Waals surface area contributed by atoms with Crippen LogP contribution in [0.2, 0.25) is 0 Å². The average molecular weight is 265 g/mol. The second-order valence-corrected chi connectivity index (χ2v) is 5.17. The molecule has 0 aliphatic rings. The Morgan fingerprint density at radius 2 is 1.90 bits per heavy atom. The Balaban J connectivity index is 1.69. The molecule has 0 saturated heterocycles. The van der Waals surface area contributed by atoms with Crippen LogP contribution in [0.4, 0.5) is 0 Å². The fourth-order valence-corrected chi connectivity index (χ4v) is 2.49. The summed E-state index contributed by atoms with van der Waals surface area (Å²) in [7, 11) is 2.07. The van der Waals surface area contributed by atoms with E-state index in [4.69, 9.17) is 0 Å². The van der Waals surface area contributed by atoms with E-state index in [1.165, 1.54) is 16.6 Å². The van der Waals surface area contributed by atoms with Crippen LogP contribution in [0, 0.1) is 6.92 Å². The Bertz CT molecular complexity index is 728. The fraction of sp³-hybridized carbons (Fsp3) is 0.235. The molecule has 1 N–H and O–H groups in total. The van der Waals surface area contributed by atoms with Crippen molar-refractivity contribution in [3.8, 4) is 0 Å². The molecule has 0 radical (unpaired) electrons. The first-order valence-electron chi connectivity index (χ1n) is 6.90. The molecule has 0 bridgehead atoms. The molecule has 0 unspecified atom stereocenters. The summed E-state index contributed by atoms with van der Waals surface area (Å²) in [6, 6.07) is 16.8. The number of nitrogens with zero attached hydrogens (tertiary/aromatic N) is 2. The summed E-state index contributed by atoms with van der Waals surface area (Å²) in [5.41, 5.74) is 4.85. The zero-order valence-electron chi connectivity index (χ0n) is 11.9. The number of fused-ring (bicyclic) bond motifs is 1. The number of para-hydroxylation sites is 2. The Kier molecular flexibility index (Phi) is 3.52. The predicted octanol–water partition coefficient (Wildman–Crippen LogP) is 3.17. The molecule has 0 fully saturated rings. The number of benzene rings is 2. The van der Waals surface area contributed by atoms with E-state index in [1.807, 2.05) is 12.1 Å². The number of rotatable bonds is 4. The van der Waals surface area contributed by atoms with Gasteiger partial charge in [-0.05, 0) is 24.6 Å². The van der Waals surface area contributed by atoms with Crippen LogP contribution in [0.1, 0.15) is 17.0 Å². The fourth-order valence-electron chi connectivity index (χ4n) is 2.49. The van der Waals surface area contributed by atoms with Crippen molar-refractivity contribution in [3.63, 3.8) is 0 Å². The normalized spacial score (nSPS) is 11.1. The molecule has 0 aliphatic heterocycles. The first-order chi connectivity index (χ1) is 9.74. The van der Waals surface area contributed by atoms with Gasteiger partial charge in [-0.2, -0.15) is 0 Å². The van der Waals surface area contributed by atoms with Crippen LogP contribution in [-0.2, 0) is 20.1 Å². The zero-order chi connectivity index (χ0) is 13.9. The van der Waals surface area contributed by atoms with Crippen molar-refractivity contribution in [2.45, 2.75) is 20.0 Å². The lowest BCUT2D eigenvalue weighted by Gasteiger charge is -2.06. The maximum atomic E-state index is 4.66. The van der Waals surface area contributed by atoms with Crippen molar-refractivity contribution in [2.24, 2.45) is 7.05 Å². The number of aromatic nitrogens is 2. The van der Waals surface area contributed by atoms with Gasteiger partial charge < -0.3 is 9.88 Å². The van der Waals surface area contributed by atoms with Crippen molar-refractivity contribution >= 4 is 11.0 Å². The van der Waals surface area contributed by atoms with Gasteiger partial charge in [-0.25, -0.2) is 4.98 Å². The molecule has 3 rings (SSSR count). The Morgan fingerprint density at radius 1 is 1.05 bits per heavy atom. The monoisotopic (exact) mass is 265 g/mol. The van der Waals surface area contributed by atoms with Gasteiger partial charge in [0.15, 0.2) is 0 Å². The molecule has 1 heterocycles. The number of hydrogen-bond donors (Lipinski definition) is 1. The third kappa shape index (κ3) is 2.58. The van der Waals surface area contributed by atoms with Gasteiger partial charge in [0.1, 0.15) is 5.82 Å². The number of hydrogen-bond acceptors (Lipinski definition) is 2. The molecule has 0 atom stereocenters. The van der Waals surface area contributed by atoms with Gasteiger partial charge >= 0.3 is 0 Å². The first kappa shape index (κ1) is 12.9. The van der Waals surface area contributed by atoms with Gasteiger partial charge in [-0.3, -0.25) is 0 Å². The smallest absolute Gasteiger partial charge is 0.123 e. The lowest BCUT2D eigenvalue weighted by molar-refractivity contribution is 0.643. The van der Waals surface area contributed by atoms with Crippen molar-refractivity contribution in [1.29, 1.82) is 0 Å². The predicted molar refractivity (Wildman–Crippen MR) is 82.4 cm³/mol. The minimum atomic E-state index is 0.777. The highest BCUT2D eigenvalue weighted by Crippen LogP contribution is 2.14. The topological polar surface area (TPSA) is 29.9 Å². The Morgan fingerprint density at radius 3 is 2.70 bits per heavy atom. The highest BCUT2D eigenvalue weighted by Gasteiger charge is 2.06. The molecular formula is C17H19N3. The van der Waals surface area contributed by atoms with Crippen LogP contribution in [-0.4, -0.2) is 9.55 Å². The van der Waals surface area contributed by atoms with E-state index in [0.717, 1.165) is 24.4 Å². The third-order valence-electron chi connectivity index (χ3n) is 3.57. The highest BCUT2D eigenvalue weighted by atomic mass is 15.1. The van der Waals surface area contributed by atoms with Crippen LogP contribution in [0.15, 0.2) is 48.5 Å². The highest BCUT2D eigenvalue weighted by molar-refractivity contribution is 5.75. The van der Waals surface area contributed by atoms with E-state index < -0.39 is 0 Å². The van der Waals surface area contributed by atoms with Crippen molar-refractivity contribution in [1.82, 2.24) is 14.9 Å². The van der Waals surface area contributed by atoms with Gasteiger partial charge in [-0.1, -0.05) is 42.0 Å². The second-order valence-electron chi connectivity index (χ2n) is 5.17. The van der Waals surface area contributed by atoms with Crippen LogP contribution < -0.4 is 5.32 Å². The summed E-state index contributed by atoms with van der Waals surface area (Å²) < 4.78 is 2.15. The lowest BCUT2D eigenvalue weighted by Crippen LogP contribution is -2.15. The molecular weight excluding hydrogens is 246 g/mol. The number of nitrogens with one attached hydrogen (secondary N) is 1. The van der Waals surface area contributed by atoms with Gasteiger partial charge in [0, 0.05) is 13.6 Å². The summed E-state index contributed by atoms with van der Waals surface area (Å²) in [6.07, 6.45) is 0. The number of aryl methyl sites for hydroxylation is 2. The van der Waals surface area contributed by atoms with Gasteiger partial charge in [0.25, 0.3) is 0 Å². The maximum Gasteiger partial charge on any atom is 0.123 e. The molecule has 3 heteroatoms. The van der Waals surface area contributed by atoms with E-state index >= 15 is 0 Å².